The molecule has 0 unspecified atom stereocenters. The molecule has 2 N–H and O–H groups in total. The highest BCUT2D eigenvalue weighted by Crippen LogP contribution is 1.98. The average molecular weight is 158 g/mol. The second-order valence-electron chi connectivity index (χ2n) is 3.24. The third-order valence-corrected chi connectivity index (χ3v) is 1.86. The molecule has 1 aliphatic rings. The van der Waals surface area contributed by atoms with E-state index in [0.29, 0.717) is 0 Å². The van der Waals surface area contributed by atoms with Crippen LogP contribution in [0.15, 0.2) is 0 Å². The van der Waals surface area contributed by atoms with E-state index in [0.717, 1.165) is 39.3 Å². The summed E-state index contributed by atoms with van der Waals surface area (Å²) in [5.74, 6) is 0. The Hall–Kier alpha value is -0.120. The minimum atomic E-state index is 0.285. The summed E-state index contributed by atoms with van der Waals surface area (Å²) < 4.78 is 5.32. The van der Waals surface area contributed by atoms with Gasteiger partial charge in [-0.15, -0.1) is 0 Å². The Morgan fingerprint density at radius 3 is 3.00 bits per heavy atom. The van der Waals surface area contributed by atoms with Crippen molar-refractivity contribution in [1.29, 1.82) is 0 Å². The molecule has 0 saturated carbocycles. The minimum absolute atomic E-state index is 0.285. The molecule has 0 radical (unpaired) electrons. The van der Waals surface area contributed by atoms with E-state index in [1.54, 1.807) is 0 Å². The average Bonchev–Trinajstić information content (AvgIpc) is 2.14. The molecule has 1 saturated heterocycles. The lowest BCUT2D eigenvalue weighted by atomic mass is 10.3. The van der Waals surface area contributed by atoms with Gasteiger partial charge in [0.05, 0.1) is 6.61 Å². The SMILES string of the molecule is C[C@H](N)CN1CCCOCC1. The number of ether oxygens (including phenoxy) is 1. The van der Waals surface area contributed by atoms with Crippen molar-refractivity contribution in [1.82, 2.24) is 4.90 Å². The van der Waals surface area contributed by atoms with Gasteiger partial charge in [0, 0.05) is 32.3 Å². The summed E-state index contributed by atoms with van der Waals surface area (Å²) in [4.78, 5) is 2.37. The monoisotopic (exact) mass is 158 g/mol. The fourth-order valence-electron chi connectivity index (χ4n) is 1.39. The second kappa shape index (κ2) is 4.70. The van der Waals surface area contributed by atoms with Crippen LogP contribution in [0.4, 0.5) is 0 Å². The minimum Gasteiger partial charge on any atom is -0.380 e. The Morgan fingerprint density at radius 2 is 2.27 bits per heavy atom. The number of nitrogens with two attached hydrogens (primary N) is 1. The highest BCUT2D eigenvalue weighted by atomic mass is 16.5. The van der Waals surface area contributed by atoms with Crippen LogP contribution in [0.2, 0.25) is 0 Å². The number of hydrogen-bond donors (Lipinski definition) is 1. The smallest absolute Gasteiger partial charge is 0.0593 e. The molecule has 1 heterocycles. The topological polar surface area (TPSA) is 38.5 Å². The van der Waals surface area contributed by atoms with Gasteiger partial charge < -0.3 is 10.5 Å². The summed E-state index contributed by atoms with van der Waals surface area (Å²) in [6, 6.07) is 0.285. The molecule has 1 aliphatic heterocycles. The molecule has 66 valence electrons. The third-order valence-electron chi connectivity index (χ3n) is 1.86. The number of nitrogens with zero attached hydrogens (tertiary/aromatic N) is 1. The zero-order valence-corrected chi connectivity index (χ0v) is 7.25. The van der Waals surface area contributed by atoms with E-state index in [-0.39, 0.29) is 6.04 Å². The van der Waals surface area contributed by atoms with Crippen LogP contribution in [0, 0.1) is 0 Å². The first-order valence-corrected chi connectivity index (χ1v) is 4.34. The highest BCUT2D eigenvalue weighted by Gasteiger charge is 2.09. The maximum atomic E-state index is 5.69. The zero-order valence-electron chi connectivity index (χ0n) is 7.25. The fraction of sp³-hybridized carbons (Fsp3) is 1.00. The molecule has 1 atom stereocenters. The summed E-state index contributed by atoms with van der Waals surface area (Å²) in [7, 11) is 0. The van der Waals surface area contributed by atoms with Gasteiger partial charge >= 0.3 is 0 Å². The van der Waals surface area contributed by atoms with Gasteiger partial charge in [-0.05, 0) is 13.3 Å². The first-order valence-electron chi connectivity index (χ1n) is 4.34. The molecule has 0 spiro atoms. The molecule has 3 heteroatoms. The van der Waals surface area contributed by atoms with Crippen molar-refractivity contribution < 1.29 is 4.74 Å². The molecule has 11 heavy (non-hydrogen) atoms. The summed E-state index contributed by atoms with van der Waals surface area (Å²) >= 11 is 0. The van der Waals surface area contributed by atoms with Gasteiger partial charge in [0.25, 0.3) is 0 Å². The molecule has 0 aliphatic carbocycles. The van der Waals surface area contributed by atoms with Crippen molar-refractivity contribution in [2.45, 2.75) is 19.4 Å². The molecule has 1 fully saturated rings. The van der Waals surface area contributed by atoms with Crippen LogP contribution in [-0.4, -0.2) is 43.8 Å². The second-order valence-corrected chi connectivity index (χ2v) is 3.24. The first kappa shape index (κ1) is 8.97. The molecule has 0 aromatic carbocycles. The summed E-state index contributed by atoms with van der Waals surface area (Å²) in [6.45, 7) is 7.01. The lowest BCUT2D eigenvalue weighted by molar-refractivity contribution is 0.140. The molecular weight excluding hydrogens is 140 g/mol. The lowest BCUT2D eigenvalue weighted by Gasteiger charge is -2.20. The van der Waals surface area contributed by atoms with Crippen LogP contribution >= 0.6 is 0 Å². The standard InChI is InChI=1S/C8H18N2O/c1-8(9)7-10-3-2-5-11-6-4-10/h8H,2-7,9H2,1H3/t8-/m0/s1. The van der Waals surface area contributed by atoms with Crippen molar-refractivity contribution in [3.8, 4) is 0 Å². The van der Waals surface area contributed by atoms with E-state index in [1.165, 1.54) is 0 Å². The lowest BCUT2D eigenvalue weighted by Crippen LogP contribution is -2.37. The van der Waals surface area contributed by atoms with Crippen molar-refractivity contribution in [2.75, 3.05) is 32.8 Å². The van der Waals surface area contributed by atoms with E-state index in [4.69, 9.17) is 10.5 Å². The molecule has 0 aromatic heterocycles. The van der Waals surface area contributed by atoms with Gasteiger partial charge in [0.1, 0.15) is 0 Å². The molecule has 0 aromatic rings. The van der Waals surface area contributed by atoms with E-state index in [2.05, 4.69) is 4.90 Å². The van der Waals surface area contributed by atoms with Crippen LogP contribution < -0.4 is 5.73 Å². The van der Waals surface area contributed by atoms with E-state index in [9.17, 15) is 0 Å². The van der Waals surface area contributed by atoms with Crippen molar-refractivity contribution >= 4 is 0 Å². The Labute approximate surface area is 68.5 Å². The van der Waals surface area contributed by atoms with Gasteiger partial charge in [-0.1, -0.05) is 0 Å². The predicted octanol–water partition coefficient (Wildman–Crippen LogP) is 0.0559. The summed E-state index contributed by atoms with van der Waals surface area (Å²) in [5.41, 5.74) is 5.69. The van der Waals surface area contributed by atoms with Crippen molar-refractivity contribution in [3.05, 3.63) is 0 Å². The molecular formula is C8H18N2O. The van der Waals surface area contributed by atoms with Gasteiger partial charge in [0.2, 0.25) is 0 Å². The molecule has 1 rings (SSSR count). The van der Waals surface area contributed by atoms with Crippen LogP contribution in [0.3, 0.4) is 0 Å². The Morgan fingerprint density at radius 1 is 1.45 bits per heavy atom. The van der Waals surface area contributed by atoms with Crippen LogP contribution in [0.25, 0.3) is 0 Å². The Kier molecular flexibility index (Phi) is 3.83. The Balaban J connectivity index is 2.20. The van der Waals surface area contributed by atoms with Gasteiger partial charge in [-0.2, -0.15) is 0 Å². The predicted molar refractivity (Wildman–Crippen MR) is 45.5 cm³/mol. The van der Waals surface area contributed by atoms with Gasteiger partial charge in [-0.3, -0.25) is 4.90 Å². The number of hydrogen-bond acceptors (Lipinski definition) is 3. The maximum absolute atomic E-state index is 5.69. The van der Waals surface area contributed by atoms with Crippen molar-refractivity contribution in [3.63, 3.8) is 0 Å². The largest absolute Gasteiger partial charge is 0.380 e. The highest BCUT2D eigenvalue weighted by molar-refractivity contribution is 4.65. The number of rotatable bonds is 2. The third kappa shape index (κ3) is 3.70. The van der Waals surface area contributed by atoms with E-state index < -0.39 is 0 Å². The molecule has 3 nitrogen and oxygen atoms in total. The molecule has 0 amide bonds. The van der Waals surface area contributed by atoms with Crippen LogP contribution in [0.5, 0.6) is 0 Å². The van der Waals surface area contributed by atoms with E-state index >= 15 is 0 Å². The van der Waals surface area contributed by atoms with Gasteiger partial charge in [-0.25, -0.2) is 0 Å². The van der Waals surface area contributed by atoms with Crippen LogP contribution in [-0.2, 0) is 4.74 Å². The quantitative estimate of drug-likeness (QED) is 0.617. The normalized spacial score (nSPS) is 24.5. The van der Waals surface area contributed by atoms with E-state index in [1.807, 2.05) is 6.92 Å². The zero-order chi connectivity index (χ0) is 8.10. The van der Waals surface area contributed by atoms with Crippen molar-refractivity contribution in [2.24, 2.45) is 5.73 Å². The Bertz CT molecular complexity index is 98.3. The summed E-state index contributed by atoms with van der Waals surface area (Å²) in [5, 5.41) is 0. The van der Waals surface area contributed by atoms with Crippen LogP contribution in [0.1, 0.15) is 13.3 Å². The molecule has 0 bridgehead atoms. The fourth-order valence-corrected chi connectivity index (χ4v) is 1.39. The first-order chi connectivity index (χ1) is 5.29. The summed E-state index contributed by atoms with van der Waals surface area (Å²) in [6.07, 6.45) is 1.15. The van der Waals surface area contributed by atoms with Gasteiger partial charge in [0.15, 0.2) is 0 Å². The maximum Gasteiger partial charge on any atom is 0.0593 e.